The predicted molar refractivity (Wildman–Crippen MR) is 74.5 cm³/mol. The zero-order chi connectivity index (χ0) is 13.7. The number of benzene rings is 1. The highest BCUT2D eigenvalue weighted by atomic mass is 16.3. The third-order valence-corrected chi connectivity index (χ3v) is 3.69. The fourth-order valence-electron chi connectivity index (χ4n) is 2.53. The van der Waals surface area contributed by atoms with Crippen molar-refractivity contribution in [3.05, 3.63) is 35.9 Å². The van der Waals surface area contributed by atoms with E-state index in [-0.39, 0.29) is 11.9 Å². The van der Waals surface area contributed by atoms with E-state index in [1.807, 2.05) is 30.3 Å². The standard InChI is InChI=1S/C15H22N2O2/c16-12(10-11-6-2-1-3-7-11)15(19)17-13-8-4-5-9-14(13)18/h1-3,6-7,12-14,18H,4-5,8-10,16H2,(H,17,19)/t12-,13-,14-/m1/s1. The third-order valence-electron chi connectivity index (χ3n) is 3.69. The second-order valence-corrected chi connectivity index (χ2v) is 5.26. The lowest BCUT2D eigenvalue weighted by Crippen LogP contribution is -2.51. The summed E-state index contributed by atoms with van der Waals surface area (Å²) in [6.07, 6.45) is 3.78. The number of amides is 1. The Balaban J connectivity index is 1.85. The highest BCUT2D eigenvalue weighted by molar-refractivity contribution is 5.82. The fourth-order valence-corrected chi connectivity index (χ4v) is 2.53. The van der Waals surface area contributed by atoms with Crippen LogP contribution in [0.4, 0.5) is 0 Å². The van der Waals surface area contributed by atoms with Crippen molar-refractivity contribution in [1.82, 2.24) is 5.32 Å². The first-order valence-corrected chi connectivity index (χ1v) is 6.95. The Bertz CT molecular complexity index is 408. The Labute approximate surface area is 114 Å². The molecule has 1 aliphatic rings. The number of rotatable bonds is 4. The Kier molecular flexibility index (Phi) is 4.93. The number of hydrogen-bond donors (Lipinski definition) is 3. The van der Waals surface area contributed by atoms with Crippen LogP contribution in [0.2, 0.25) is 0 Å². The molecule has 0 aromatic heterocycles. The molecule has 3 atom stereocenters. The second-order valence-electron chi connectivity index (χ2n) is 5.26. The summed E-state index contributed by atoms with van der Waals surface area (Å²) in [6.45, 7) is 0. The van der Waals surface area contributed by atoms with Gasteiger partial charge in [-0.15, -0.1) is 0 Å². The highest BCUT2D eigenvalue weighted by Gasteiger charge is 2.26. The van der Waals surface area contributed by atoms with Gasteiger partial charge in [0.25, 0.3) is 0 Å². The molecule has 0 radical (unpaired) electrons. The van der Waals surface area contributed by atoms with Gasteiger partial charge in [0.15, 0.2) is 0 Å². The van der Waals surface area contributed by atoms with Gasteiger partial charge in [0.2, 0.25) is 5.91 Å². The van der Waals surface area contributed by atoms with Gasteiger partial charge in [-0.1, -0.05) is 43.2 Å². The molecule has 0 spiro atoms. The van der Waals surface area contributed by atoms with Crippen LogP contribution < -0.4 is 11.1 Å². The minimum Gasteiger partial charge on any atom is -0.391 e. The summed E-state index contributed by atoms with van der Waals surface area (Å²) in [5.74, 6) is -0.171. The number of carbonyl (C=O) groups is 1. The van der Waals surface area contributed by atoms with E-state index in [2.05, 4.69) is 5.32 Å². The van der Waals surface area contributed by atoms with Gasteiger partial charge >= 0.3 is 0 Å². The Morgan fingerprint density at radius 3 is 2.68 bits per heavy atom. The first-order chi connectivity index (χ1) is 9.16. The zero-order valence-electron chi connectivity index (χ0n) is 11.1. The number of nitrogens with one attached hydrogen (secondary N) is 1. The van der Waals surface area contributed by atoms with Crippen molar-refractivity contribution in [2.24, 2.45) is 5.73 Å². The van der Waals surface area contributed by atoms with Crippen LogP contribution in [-0.2, 0) is 11.2 Å². The van der Waals surface area contributed by atoms with Crippen LogP contribution in [0, 0.1) is 0 Å². The molecule has 0 bridgehead atoms. The monoisotopic (exact) mass is 262 g/mol. The van der Waals surface area contributed by atoms with E-state index in [4.69, 9.17) is 5.73 Å². The summed E-state index contributed by atoms with van der Waals surface area (Å²) in [7, 11) is 0. The predicted octanol–water partition coefficient (Wildman–Crippen LogP) is 0.976. The summed E-state index contributed by atoms with van der Waals surface area (Å²) in [4.78, 5) is 12.0. The molecular formula is C15H22N2O2. The molecule has 4 nitrogen and oxygen atoms in total. The SMILES string of the molecule is N[C@H](Cc1ccccc1)C(=O)N[C@@H]1CCCC[C@H]1O. The summed E-state index contributed by atoms with van der Waals surface area (Å²) in [5.41, 5.74) is 6.97. The summed E-state index contributed by atoms with van der Waals surface area (Å²) in [6, 6.07) is 9.04. The van der Waals surface area contributed by atoms with E-state index in [0.717, 1.165) is 31.2 Å². The average molecular weight is 262 g/mol. The molecule has 4 N–H and O–H groups in total. The maximum Gasteiger partial charge on any atom is 0.237 e. The summed E-state index contributed by atoms with van der Waals surface area (Å²) >= 11 is 0. The zero-order valence-corrected chi connectivity index (χ0v) is 11.1. The Morgan fingerprint density at radius 2 is 2.00 bits per heavy atom. The Morgan fingerprint density at radius 1 is 1.32 bits per heavy atom. The molecule has 1 aromatic carbocycles. The maximum atomic E-state index is 12.0. The van der Waals surface area contributed by atoms with Gasteiger partial charge in [-0.25, -0.2) is 0 Å². The third kappa shape index (κ3) is 4.04. The molecule has 0 unspecified atom stereocenters. The molecule has 0 heterocycles. The van der Waals surface area contributed by atoms with Crippen molar-refractivity contribution < 1.29 is 9.90 Å². The minimum absolute atomic E-state index is 0.136. The number of hydrogen-bond acceptors (Lipinski definition) is 3. The van der Waals surface area contributed by atoms with E-state index in [0.29, 0.717) is 6.42 Å². The summed E-state index contributed by atoms with van der Waals surface area (Å²) in [5, 5.41) is 12.7. The molecule has 1 saturated carbocycles. The first-order valence-electron chi connectivity index (χ1n) is 6.95. The van der Waals surface area contributed by atoms with Gasteiger partial charge in [0.1, 0.15) is 0 Å². The van der Waals surface area contributed by atoms with Gasteiger partial charge in [0, 0.05) is 0 Å². The molecule has 2 rings (SSSR count). The van der Waals surface area contributed by atoms with Crippen molar-refractivity contribution in [2.75, 3.05) is 0 Å². The lowest BCUT2D eigenvalue weighted by Gasteiger charge is -2.29. The lowest BCUT2D eigenvalue weighted by molar-refractivity contribution is -0.124. The number of nitrogens with two attached hydrogens (primary N) is 1. The van der Waals surface area contributed by atoms with Gasteiger partial charge in [-0.2, -0.15) is 0 Å². The first kappa shape index (κ1) is 14.0. The molecule has 1 aromatic rings. The van der Waals surface area contributed by atoms with Gasteiger partial charge in [-0.05, 0) is 24.8 Å². The molecule has 1 amide bonds. The topological polar surface area (TPSA) is 75.4 Å². The highest BCUT2D eigenvalue weighted by Crippen LogP contribution is 2.18. The van der Waals surface area contributed by atoms with E-state index in [1.54, 1.807) is 0 Å². The number of aliphatic hydroxyl groups excluding tert-OH is 1. The minimum atomic E-state index is -0.559. The average Bonchev–Trinajstić information content (AvgIpc) is 2.42. The summed E-state index contributed by atoms with van der Waals surface area (Å²) < 4.78 is 0. The molecule has 4 heteroatoms. The number of aliphatic hydroxyl groups is 1. The van der Waals surface area contributed by atoms with Crippen LogP contribution >= 0.6 is 0 Å². The van der Waals surface area contributed by atoms with Crippen molar-refractivity contribution in [3.8, 4) is 0 Å². The second kappa shape index (κ2) is 6.68. The van der Waals surface area contributed by atoms with E-state index < -0.39 is 12.1 Å². The quantitative estimate of drug-likeness (QED) is 0.757. The Hall–Kier alpha value is -1.39. The molecule has 104 valence electrons. The van der Waals surface area contributed by atoms with Crippen LogP contribution in [0.15, 0.2) is 30.3 Å². The van der Waals surface area contributed by atoms with E-state index in [9.17, 15) is 9.90 Å². The molecule has 1 fully saturated rings. The molecule has 1 aliphatic carbocycles. The van der Waals surface area contributed by atoms with Gasteiger partial charge in [-0.3, -0.25) is 4.79 Å². The number of carbonyl (C=O) groups excluding carboxylic acids is 1. The fraction of sp³-hybridized carbons (Fsp3) is 0.533. The van der Waals surface area contributed by atoms with E-state index >= 15 is 0 Å². The van der Waals surface area contributed by atoms with Crippen molar-refractivity contribution in [2.45, 2.75) is 50.3 Å². The molecule has 0 saturated heterocycles. The largest absolute Gasteiger partial charge is 0.391 e. The van der Waals surface area contributed by atoms with Gasteiger partial charge < -0.3 is 16.2 Å². The van der Waals surface area contributed by atoms with Crippen LogP contribution in [0.3, 0.4) is 0 Å². The smallest absolute Gasteiger partial charge is 0.237 e. The van der Waals surface area contributed by atoms with Crippen molar-refractivity contribution in [1.29, 1.82) is 0 Å². The molecular weight excluding hydrogens is 240 g/mol. The molecule has 0 aliphatic heterocycles. The maximum absolute atomic E-state index is 12.0. The van der Waals surface area contributed by atoms with Crippen LogP contribution in [0.25, 0.3) is 0 Å². The van der Waals surface area contributed by atoms with E-state index in [1.165, 1.54) is 0 Å². The van der Waals surface area contributed by atoms with Crippen LogP contribution in [0.5, 0.6) is 0 Å². The van der Waals surface area contributed by atoms with Crippen LogP contribution in [-0.4, -0.2) is 29.2 Å². The van der Waals surface area contributed by atoms with Crippen molar-refractivity contribution >= 4 is 5.91 Å². The van der Waals surface area contributed by atoms with Gasteiger partial charge in [0.05, 0.1) is 18.2 Å². The lowest BCUT2D eigenvalue weighted by atomic mass is 9.92. The van der Waals surface area contributed by atoms with Crippen LogP contribution in [0.1, 0.15) is 31.2 Å². The van der Waals surface area contributed by atoms with Crippen molar-refractivity contribution in [3.63, 3.8) is 0 Å². The normalized spacial score (nSPS) is 24.7. The molecule has 19 heavy (non-hydrogen) atoms.